The maximum atomic E-state index is 13.3. The topological polar surface area (TPSA) is 58.1 Å². The molecule has 1 aromatic heterocycles. The third-order valence-electron chi connectivity index (χ3n) is 6.19. The maximum Gasteiger partial charge on any atom is 0.255 e. The van der Waals surface area contributed by atoms with Gasteiger partial charge in [-0.25, -0.2) is 9.97 Å². The third kappa shape index (κ3) is 5.63. The highest BCUT2D eigenvalue weighted by atomic mass is 35.5. The highest BCUT2D eigenvalue weighted by Crippen LogP contribution is 2.29. The van der Waals surface area contributed by atoms with Gasteiger partial charge in [0, 0.05) is 24.2 Å². The summed E-state index contributed by atoms with van der Waals surface area (Å²) in [5.74, 6) is 0.700. The summed E-state index contributed by atoms with van der Waals surface area (Å²) in [6.07, 6.45) is 2.43. The van der Waals surface area contributed by atoms with Crippen LogP contribution in [0.5, 0.6) is 0 Å². The van der Waals surface area contributed by atoms with E-state index in [9.17, 15) is 4.79 Å². The molecule has 1 amide bonds. The van der Waals surface area contributed by atoms with Crippen LogP contribution in [0, 0.1) is 0 Å². The zero-order valence-corrected chi connectivity index (χ0v) is 21.3. The Hall–Kier alpha value is -4.22. The second-order valence-corrected chi connectivity index (χ2v) is 9.26. The van der Waals surface area contributed by atoms with E-state index < -0.39 is 0 Å². The molecule has 0 radical (unpaired) electrons. The summed E-state index contributed by atoms with van der Waals surface area (Å²) >= 11 is 6.32. The van der Waals surface area contributed by atoms with Crippen molar-refractivity contribution in [2.45, 2.75) is 19.9 Å². The van der Waals surface area contributed by atoms with Crippen molar-refractivity contribution in [3.8, 4) is 11.1 Å². The molecule has 0 aliphatic heterocycles. The van der Waals surface area contributed by atoms with Gasteiger partial charge in [0.2, 0.25) is 0 Å². The lowest BCUT2D eigenvalue weighted by atomic mass is 10.0. The molecule has 6 heteroatoms. The van der Waals surface area contributed by atoms with Gasteiger partial charge in [-0.05, 0) is 65.6 Å². The van der Waals surface area contributed by atoms with Crippen molar-refractivity contribution < 1.29 is 4.79 Å². The van der Waals surface area contributed by atoms with Crippen LogP contribution < -0.4 is 5.32 Å². The van der Waals surface area contributed by atoms with Crippen molar-refractivity contribution in [2.75, 3.05) is 11.9 Å². The monoisotopic (exact) mass is 506 g/mol. The first kappa shape index (κ1) is 24.5. The van der Waals surface area contributed by atoms with Crippen LogP contribution >= 0.6 is 11.6 Å². The number of carbonyl (C=O) groups is 1. The van der Waals surface area contributed by atoms with Gasteiger partial charge >= 0.3 is 0 Å². The predicted molar refractivity (Wildman–Crippen MR) is 151 cm³/mol. The average molecular weight is 507 g/mol. The number of para-hydroxylation sites is 1. The fraction of sp³-hybridized carbons (Fsp3) is 0.129. The molecule has 0 saturated carbocycles. The smallest absolute Gasteiger partial charge is 0.255 e. The molecule has 0 aliphatic carbocycles. The number of nitrogens with zero attached hydrogens (tertiary/aromatic N) is 3. The van der Waals surface area contributed by atoms with Gasteiger partial charge in [-0.15, -0.1) is 0 Å². The zero-order valence-electron chi connectivity index (χ0n) is 20.6. The molecule has 0 atom stereocenters. The number of anilines is 2. The average Bonchev–Trinajstić information content (AvgIpc) is 2.93. The second kappa shape index (κ2) is 11.2. The molecule has 5 nitrogen and oxygen atoms in total. The number of nitrogens with one attached hydrogen (secondary N) is 1. The van der Waals surface area contributed by atoms with Gasteiger partial charge in [-0.2, -0.15) is 0 Å². The van der Waals surface area contributed by atoms with E-state index in [0.29, 0.717) is 23.7 Å². The van der Waals surface area contributed by atoms with Crippen molar-refractivity contribution in [2.24, 2.45) is 0 Å². The largest absolute Gasteiger partial charge is 0.340 e. The van der Waals surface area contributed by atoms with Crippen LogP contribution in [0.15, 0.2) is 103 Å². The lowest BCUT2D eigenvalue weighted by Gasteiger charge is -2.23. The first-order valence-corrected chi connectivity index (χ1v) is 12.7. The molecule has 0 fully saturated rings. The van der Waals surface area contributed by atoms with Gasteiger partial charge in [0.1, 0.15) is 12.1 Å². The summed E-state index contributed by atoms with van der Waals surface area (Å²) in [6, 6.07) is 31.7. The fourth-order valence-corrected chi connectivity index (χ4v) is 4.61. The minimum absolute atomic E-state index is 0.0580. The molecule has 5 aromatic rings. The van der Waals surface area contributed by atoms with Crippen molar-refractivity contribution >= 4 is 39.9 Å². The summed E-state index contributed by atoms with van der Waals surface area (Å²) in [5, 5.41) is 4.82. The normalized spacial score (nSPS) is 10.9. The molecule has 0 bridgehead atoms. The highest BCUT2D eigenvalue weighted by molar-refractivity contribution is 6.33. The van der Waals surface area contributed by atoms with Crippen LogP contribution in [0.3, 0.4) is 0 Å². The van der Waals surface area contributed by atoms with Gasteiger partial charge in [0.25, 0.3) is 5.91 Å². The van der Waals surface area contributed by atoms with Crippen LogP contribution in [0.2, 0.25) is 5.02 Å². The molecule has 0 saturated heterocycles. The van der Waals surface area contributed by atoms with Gasteiger partial charge in [-0.3, -0.25) is 4.79 Å². The predicted octanol–water partition coefficient (Wildman–Crippen LogP) is 7.75. The molecule has 1 heterocycles. The Kier molecular flexibility index (Phi) is 7.43. The van der Waals surface area contributed by atoms with Crippen LogP contribution in [-0.4, -0.2) is 27.3 Å². The summed E-state index contributed by atoms with van der Waals surface area (Å²) in [6.45, 7) is 3.22. The molecule has 4 aromatic carbocycles. The SMILES string of the molecule is CCCN(Cc1cccc(-c2ccc3ncnc(Nc4ccccc4)c3c2)c1)C(=O)c1ccccc1Cl. The van der Waals surface area contributed by atoms with Gasteiger partial charge in [0.05, 0.1) is 16.1 Å². The van der Waals surface area contributed by atoms with E-state index in [1.165, 1.54) is 0 Å². The number of halogens is 1. The number of aromatic nitrogens is 2. The Morgan fingerprint density at radius 3 is 2.46 bits per heavy atom. The standard InChI is InChI=1S/C31H27ClN4O/c1-2-17-36(31(37)26-13-6-7-14-28(26)32)20-22-9-8-10-23(18-22)24-15-16-29-27(19-24)30(34-21-33-29)35-25-11-4-3-5-12-25/h3-16,18-19,21H,2,17,20H2,1H3,(H,33,34,35). The molecule has 0 spiro atoms. The second-order valence-electron chi connectivity index (χ2n) is 8.85. The molecule has 1 N–H and O–H groups in total. The summed E-state index contributed by atoms with van der Waals surface area (Å²) in [7, 11) is 0. The Balaban J connectivity index is 1.44. The molecule has 0 unspecified atom stereocenters. The first-order chi connectivity index (χ1) is 18.1. The minimum Gasteiger partial charge on any atom is -0.340 e. The summed E-state index contributed by atoms with van der Waals surface area (Å²) in [4.78, 5) is 24.1. The molecule has 0 aliphatic rings. The minimum atomic E-state index is -0.0580. The highest BCUT2D eigenvalue weighted by Gasteiger charge is 2.18. The number of rotatable bonds is 8. The number of hydrogen-bond acceptors (Lipinski definition) is 4. The third-order valence-corrected chi connectivity index (χ3v) is 6.52. The molecule has 184 valence electrons. The van der Waals surface area contributed by atoms with E-state index >= 15 is 0 Å². The van der Waals surface area contributed by atoms with Crippen molar-refractivity contribution in [3.05, 3.63) is 120 Å². The maximum absolute atomic E-state index is 13.3. The van der Waals surface area contributed by atoms with Crippen molar-refractivity contribution in [3.63, 3.8) is 0 Å². The summed E-state index contributed by atoms with van der Waals surface area (Å²) in [5.41, 5.74) is 5.54. The van der Waals surface area contributed by atoms with E-state index in [1.807, 2.05) is 59.5 Å². The fourth-order valence-electron chi connectivity index (χ4n) is 4.39. The van der Waals surface area contributed by atoms with Gasteiger partial charge in [0.15, 0.2) is 0 Å². The van der Waals surface area contributed by atoms with Gasteiger partial charge < -0.3 is 10.2 Å². The van der Waals surface area contributed by atoms with E-state index in [2.05, 4.69) is 52.5 Å². The van der Waals surface area contributed by atoms with E-state index in [0.717, 1.165) is 45.5 Å². The molecule has 37 heavy (non-hydrogen) atoms. The Morgan fingerprint density at radius 1 is 0.865 bits per heavy atom. The Bertz CT molecular complexity index is 1540. The molecular weight excluding hydrogens is 480 g/mol. The molecular formula is C31H27ClN4O. The van der Waals surface area contributed by atoms with Crippen molar-refractivity contribution in [1.82, 2.24) is 14.9 Å². The van der Waals surface area contributed by atoms with Crippen LogP contribution in [0.4, 0.5) is 11.5 Å². The van der Waals surface area contributed by atoms with Gasteiger partial charge in [-0.1, -0.05) is 73.1 Å². The number of fused-ring (bicyclic) bond motifs is 1. The van der Waals surface area contributed by atoms with E-state index in [-0.39, 0.29) is 5.91 Å². The van der Waals surface area contributed by atoms with E-state index in [4.69, 9.17) is 11.6 Å². The number of carbonyl (C=O) groups excluding carboxylic acids is 1. The zero-order chi connectivity index (χ0) is 25.6. The van der Waals surface area contributed by atoms with Crippen LogP contribution in [0.25, 0.3) is 22.0 Å². The quantitative estimate of drug-likeness (QED) is 0.234. The van der Waals surface area contributed by atoms with Crippen LogP contribution in [0.1, 0.15) is 29.3 Å². The number of hydrogen-bond donors (Lipinski definition) is 1. The van der Waals surface area contributed by atoms with Crippen molar-refractivity contribution in [1.29, 1.82) is 0 Å². The molecule has 5 rings (SSSR count). The lowest BCUT2D eigenvalue weighted by Crippen LogP contribution is -2.31. The number of amides is 1. The Labute approximate surface area is 221 Å². The van der Waals surface area contributed by atoms with Crippen LogP contribution in [-0.2, 0) is 6.54 Å². The lowest BCUT2D eigenvalue weighted by molar-refractivity contribution is 0.0743. The first-order valence-electron chi connectivity index (χ1n) is 12.3. The Morgan fingerprint density at radius 2 is 1.65 bits per heavy atom. The van der Waals surface area contributed by atoms with E-state index in [1.54, 1.807) is 18.5 Å². The number of benzene rings is 4. The summed E-state index contributed by atoms with van der Waals surface area (Å²) < 4.78 is 0.